The van der Waals surface area contributed by atoms with Crippen LogP contribution in [0.1, 0.15) is 146 Å². The zero-order chi connectivity index (χ0) is 64.9. The highest BCUT2D eigenvalue weighted by Crippen LogP contribution is 2.31. The largest absolute Gasteiger partial charge is 0.459 e. The third kappa shape index (κ3) is 20.2. The van der Waals surface area contributed by atoms with Crippen LogP contribution >= 0.6 is 0 Å². The van der Waals surface area contributed by atoms with Crippen molar-refractivity contribution in [2.45, 2.75) is 201 Å². The third-order valence-corrected chi connectivity index (χ3v) is 17.2. The van der Waals surface area contributed by atoms with E-state index in [0.717, 1.165) is 0 Å². The van der Waals surface area contributed by atoms with Crippen molar-refractivity contribution in [1.82, 2.24) is 41.3 Å². The van der Waals surface area contributed by atoms with Gasteiger partial charge in [0, 0.05) is 47.1 Å². The molecule has 0 aromatic heterocycles. The molecule has 1 saturated heterocycles. The number of urea groups is 1. The molecular weight excluding hydrogens is 1100 g/mol. The van der Waals surface area contributed by atoms with E-state index >= 15 is 0 Å². The van der Waals surface area contributed by atoms with Crippen LogP contribution < -0.4 is 37.2 Å². The molecule has 484 valence electrons. The van der Waals surface area contributed by atoms with Gasteiger partial charge < -0.3 is 66.3 Å². The summed E-state index contributed by atoms with van der Waals surface area (Å²) in [4.78, 5) is 117. The number of amides is 8. The number of nitrogens with zero attached hydrogens (tertiary/aromatic N) is 4. The molecule has 0 aliphatic carbocycles. The third-order valence-electron chi connectivity index (χ3n) is 17.2. The van der Waals surface area contributed by atoms with Gasteiger partial charge in [-0.3, -0.25) is 38.5 Å². The van der Waals surface area contributed by atoms with Gasteiger partial charge in [0.2, 0.25) is 35.4 Å². The SMILES string of the molecule is CCN[C@H](C(=O)N[C@@H](CCCNC(N)=O)C(=O)N(C)c1ccc(COC(=O)C(C)(C)N(C)C(C(=O)N[C@H](C(=O)N(C)C([C@@H](C)CC)[C@@H](CC(=O)N2CCCC2[C@H](OC)[C@@H](C)C(=O)NC(C)[C@@H](O)c2ccccc2)OC)C(C)C)C(C)C)cc1)C(C)C. The van der Waals surface area contributed by atoms with Gasteiger partial charge in [0.05, 0.1) is 60.9 Å². The fraction of sp³-hybridized carbons (Fsp3) is 0.688. The number of esters is 1. The first-order chi connectivity index (χ1) is 40.4. The lowest BCUT2D eigenvalue weighted by Crippen LogP contribution is -2.63. The number of benzene rings is 2. The maximum absolute atomic E-state index is 14.9. The number of methoxy groups -OCH3 is 2. The van der Waals surface area contributed by atoms with Gasteiger partial charge in [0.25, 0.3) is 0 Å². The summed E-state index contributed by atoms with van der Waals surface area (Å²) in [5.41, 5.74) is 5.73. The zero-order valence-electron chi connectivity index (χ0n) is 54.7. The number of rotatable bonds is 35. The molecule has 1 aliphatic heterocycles. The van der Waals surface area contributed by atoms with E-state index < -0.39 is 90.0 Å². The first-order valence-electron chi connectivity index (χ1n) is 30.7. The Labute approximate surface area is 512 Å². The Kier molecular flexibility index (Phi) is 30.1. The van der Waals surface area contributed by atoms with Gasteiger partial charge in [-0.2, -0.15) is 0 Å². The normalized spacial score (nSPS) is 17.5. The molecule has 12 atom stereocenters. The van der Waals surface area contributed by atoms with Gasteiger partial charge in [0.15, 0.2) is 0 Å². The molecule has 8 amide bonds. The standard InChI is InChI=1S/C64H106N10O12/c1-19-41(9)54(49(84-17)36-50(75)74-35-25-29-48(74)56(85-18)42(10)57(77)68-43(11)55(76)45-26-22-21-23-27-45)72(15)61(81)52(39(5)6)70-59(79)53(40(7)8)73(16)64(12,13)62(82)86-37-44-30-32-46(33-31-44)71(14)60(80)47(28-24-34-67-63(65)83)69-58(78)51(38(3)4)66-20-2/h21-23,26-27,30-33,38-43,47-49,51-56,66,76H,19-20,24-25,28-29,34-37H2,1-18H3,(H,68,77)(H,69,78)(H,70,79)(H3,65,67,83)/t41-,42+,43?,47-,48?,49+,51-,52-,53?,54?,55+,56+/m0/s1. The van der Waals surface area contributed by atoms with Crippen molar-refractivity contribution < 1.29 is 57.7 Å². The van der Waals surface area contributed by atoms with Crippen molar-refractivity contribution >= 4 is 53.1 Å². The maximum Gasteiger partial charge on any atom is 0.326 e. The molecule has 8 N–H and O–H groups in total. The molecule has 22 nitrogen and oxygen atoms in total. The van der Waals surface area contributed by atoms with Gasteiger partial charge in [-0.15, -0.1) is 0 Å². The van der Waals surface area contributed by atoms with Crippen molar-refractivity contribution in [2.75, 3.05) is 59.9 Å². The summed E-state index contributed by atoms with van der Waals surface area (Å²) in [5, 5.41) is 25.6. The number of aliphatic hydroxyl groups excluding tert-OH is 1. The molecule has 0 radical (unpaired) electrons. The monoisotopic (exact) mass is 1210 g/mol. The molecule has 22 heteroatoms. The molecule has 2 aromatic rings. The number of nitrogens with two attached hydrogens (primary N) is 1. The van der Waals surface area contributed by atoms with Gasteiger partial charge in [-0.25, -0.2) is 4.79 Å². The summed E-state index contributed by atoms with van der Waals surface area (Å²) in [6, 6.07) is 10.4. The van der Waals surface area contributed by atoms with Gasteiger partial charge >= 0.3 is 12.0 Å². The van der Waals surface area contributed by atoms with E-state index in [4.69, 9.17) is 19.9 Å². The average molecular weight is 1210 g/mol. The summed E-state index contributed by atoms with van der Waals surface area (Å²) in [6.45, 7) is 25.1. The Morgan fingerprint density at radius 2 is 1.38 bits per heavy atom. The van der Waals surface area contributed by atoms with Crippen LogP contribution in [0, 0.1) is 29.6 Å². The summed E-state index contributed by atoms with van der Waals surface area (Å²) < 4.78 is 18.0. The van der Waals surface area contributed by atoms with Crippen molar-refractivity contribution in [3.63, 3.8) is 0 Å². The van der Waals surface area contributed by atoms with E-state index in [1.54, 1.807) is 99.9 Å². The molecule has 1 fully saturated rings. The number of carbonyl (C=O) groups is 8. The van der Waals surface area contributed by atoms with Crippen LogP contribution in [0.4, 0.5) is 10.5 Å². The minimum atomic E-state index is -1.34. The van der Waals surface area contributed by atoms with Crippen LogP contribution in [-0.4, -0.2) is 182 Å². The minimum absolute atomic E-state index is 0.0416. The first kappa shape index (κ1) is 74.1. The molecule has 0 spiro atoms. The first-order valence-corrected chi connectivity index (χ1v) is 30.7. The van der Waals surface area contributed by atoms with Crippen LogP contribution in [0.5, 0.6) is 0 Å². The highest BCUT2D eigenvalue weighted by molar-refractivity contribution is 5.99. The van der Waals surface area contributed by atoms with Crippen LogP contribution in [0.25, 0.3) is 0 Å². The van der Waals surface area contributed by atoms with Crippen molar-refractivity contribution in [1.29, 1.82) is 0 Å². The molecular formula is C64H106N10O12. The summed E-state index contributed by atoms with van der Waals surface area (Å²) in [7, 11) is 8.00. The van der Waals surface area contributed by atoms with E-state index in [1.807, 2.05) is 80.5 Å². The van der Waals surface area contributed by atoms with Gasteiger partial charge in [0.1, 0.15) is 24.2 Å². The van der Waals surface area contributed by atoms with Crippen LogP contribution in [0.3, 0.4) is 0 Å². The summed E-state index contributed by atoms with van der Waals surface area (Å²) >= 11 is 0. The highest BCUT2D eigenvalue weighted by atomic mass is 16.5. The van der Waals surface area contributed by atoms with E-state index in [0.29, 0.717) is 55.6 Å². The molecule has 0 saturated carbocycles. The minimum Gasteiger partial charge on any atom is -0.459 e. The summed E-state index contributed by atoms with van der Waals surface area (Å²) in [5.74, 6) is -4.20. The molecule has 2 aromatic carbocycles. The Morgan fingerprint density at radius 1 is 0.767 bits per heavy atom. The molecule has 3 rings (SSSR count). The van der Waals surface area contributed by atoms with E-state index in [9.17, 15) is 43.5 Å². The second-order valence-electron chi connectivity index (χ2n) is 24.7. The van der Waals surface area contributed by atoms with Crippen molar-refractivity contribution in [3.05, 3.63) is 65.7 Å². The molecule has 1 aliphatic rings. The van der Waals surface area contributed by atoms with Crippen LogP contribution in [-0.2, 0) is 54.4 Å². The lowest BCUT2D eigenvalue weighted by molar-refractivity contribution is -0.160. The van der Waals surface area contributed by atoms with E-state index in [1.165, 1.54) is 19.1 Å². The lowest BCUT2D eigenvalue weighted by Gasteiger charge is -2.42. The molecule has 1 heterocycles. The highest BCUT2D eigenvalue weighted by Gasteiger charge is 2.46. The number of likely N-dealkylation sites (tertiary alicyclic amines) is 1. The number of carbonyl (C=O) groups excluding carboxylic acids is 8. The van der Waals surface area contributed by atoms with Crippen molar-refractivity contribution in [2.24, 2.45) is 35.3 Å². The smallest absolute Gasteiger partial charge is 0.326 e. The molecule has 0 bridgehead atoms. The predicted octanol–water partition coefficient (Wildman–Crippen LogP) is 5.29. The summed E-state index contributed by atoms with van der Waals surface area (Å²) in [6.07, 6.45) is 0.189. The zero-order valence-corrected chi connectivity index (χ0v) is 54.7. The number of likely N-dealkylation sites (N-methyl/N-ethyl adjacent to an activating group) is 4. The number of anilines is 1. The van der Waals surface area contributed by atoms with Crippen LogP contribution in [0.2, 0.25) is 0 Å². The predicted molar refractivity (Wildman–Crippen MR) is 333 cm³/mol. The topological polar surface area (TPSA) is 284 Å². The maximum atomic E-state index is 14.9. The lowest BCUT2D eigenvalue weighted by atomic mass is 9.89. The Bertz CT molecular complexity index is 2500. The number of nitrogens with one attached hydrogen (secondary N) is 5. The fourth-order valence-electron chi connectivity index (χ4n) is 11.5. The Balaban J connectivity index is 1.75. The Hall–Kier alpha value is -6.20. The van der Waals surface area contributed by atoms with Crippen LogP contribution in [0.15, 0.2) is 54.6 Å². The number of aliphatic hydroxyl groups is 1. The van der Waals surface area contributed by atoms with Gasteiger partial charge in [-0.05, 0) is 107 Å². The second-order valence-corrected chi connectivity index (χ2v) is 24.7. The van der Waals surface area contributed by atoms with Gasteiger partial charge in [-0.1, -0.05) is 118 Å². The van der Waals surface area contributed by atoms with E-state index in [-0.39, 0.29) is 79.2 Å². The van der Waals surface area contributed by atoms with Crippen molar-refractivity contribution in [3.8, 4) is 0 Å². The molecule has 4 unspecified atom stereocenters. The average Bonchev–Trinajstić information content (AvgIpc) is 2.07. The molecule has 86 heavy (non-hydrogen) atoms. The van der Waals surface area contributed by atoms with E-state index in [2.05, 4.69) is 26.6 Å². The number of primary amides is 1. The second kappa shape index (κ2) is 35.0. The number of ether oxygens (including phenoxy) is 3. The fourth-order valence-corrected chi connectivity index (χ4v) is 11.5. The quantitative estimate of drug-likeness (QED) is 0.0341. The number of hydrogen-bond acceptors (Lipinski definition) is 14. The number of hydrogen-bond donors (Lipinski definition) is 7. The Morgan fingerprint density at radius 3 is 1.92 bits per heavy atom.